The number of rotatable bonds is 3. The zero-order valence-corrected chi connectivity index (χ0v) is 8.85. The Labute approximate surface area is 89.8 Å². The maximum Gasteiger partial charge on any atom is 0.508 e. The second-order valence-corrected chi connectivity index (χ2v) is 4.14. The van der Waals surface area contributed by atoms with Gasteiger partial charge >= 0.3 is 6.16 Å². The molecule has 0 aliphatic carbocycles. The summed E-state index contributed by atoms with van der Waals surface area (Å²) in [5, 5.41) is 0. The zero-order chi connectivity index (χ0) is 10.7. The van der Waals surface area contributed by atoms with Gasteiger partial charge in [-0.3, -0.25) is 4.90 Å². The topological polar surface area (TPSA) is 38.8 Å². The lowest BCUT2D eigenvalue weighted by atomic mass is 9.86. The van der Waals surface area contributed by atoms with Crippen LogP contribution in [0.15, 0.2) is 12.7 Å². The lowest BCUT2D eigenvalue weighted by molar-refractivity contribution is -0.0561. The van der Waals surface area contributed by atoms with Crippen LogP contribution in [0.5, 0.6) is 0 Å². The molecule has 84 valence electrons. The van der Waals surface area contributed by atoms with E-state index in [1.165, 1.54) is 6.08 Å². The summed E-state index contributed by atoms with van der Waals surface area (Å²) in [6.07, 6.45) is 3.29. The molecule has 0 aromatic carbocycles. The fourth-order valence-corrected chi connectivity index (χ4v) is 2.33. The van der Waals surface area contributed by atoms with Gasteiger partial charge in [0.25, 0.3) is 0 Å². The smallest absolute Gasteiger partial charge is 0.430 e. The molecule has 4 heteroatoms. The summed E-state index contributed by atoms with van der Waals surface area (Å²) in [7, 11) is 0. The highest BCUT2D eigenvalue weighted by molar-refractivity contribution is 5.60. The Morgan fingerprint density at radius 1 is 1.47 bits per heavy atom. The van der Waals surface area contributed by atoms with Crippen LogP contribution in [-0.4, -0.2) is 43.4 Å². The molecule has 0 spiro atoms. The van der Waals surface area contributed by atoms with E-state index in [1.54, 1.807) is 0 Å². The van der Waals surface area contributed by atoms with Crippen LogP contribution < -0.4 is 0 Å². The van der Waals surface area contributed by atoms with Crippen molar-refractivity contribution in [2.75, 3.05) is 26.2 Å². The number of fused-ring (bicyclic) bond motifs is 3. The Morgan fingerprint density at radius 2 is 2.20 bits per heavy atom. The van der Waals surface area contributed by atoms with E-state index in [1.807, 2.05) is 0 Å². The van der Waals surface area contributed by atoms with Gasteiger partial charge in [-0.15, -0.1) is 0 Å². The molecule has 4 nitrogen and oxygen atoms in total. The lowest BCUT2D eigenvalue weighted by Crippen LogP contribution is -2.51. The van der Waals surface area contributed by atoms with Crippen molar-refractivity contribution in [1.82, 2.24) is 4.90 Å². The quantitative estimate of drug-likeness (QED) is 0.523. The Kier molecular flexibility index (Phi) is 3.26. The van der Waals surface area contributed by atoms with Gasteiger partial charge < -0.3 is 9.47 Å². The van der Waals surface area contributed by atoms with Gasteiger partial charge in [0.2, 0.25) is 0 Å². The predicted molar refractivity (Wildman–Crippen MR) is 55.6 cm³/mol. The summed E-state index contributed by atoms with van der Waals surface area (Å²) in [4.78, 5) is 13.6. The molecule has 0 radical (unpaired) electrons. The Morgan fingerprint density at radius 3 is 2.73 bits per heavy atom. The summed E-state index contributed by atoms with van der Waals surface area (Å²) in [5.41, 5.74) is 0. The molecule has 15 heavy (non-hydrogen) atoms. The number of carbonyl (C=O) groups excluding carboxylic acids is 1. The average molecular weight is 211 g/mol. The van der Waals surface area contributed by atoms with Crippen LogP contribution >= 0.6 is 0 Å². The van der Waals surface area contributed by atoms with Gasteiger partial charge in [0, 0.05) is 6.54 Å². The first kappa shape index (κ1) is 10.5. The summed E-state index contributed by atoms with van der Waals surface area (Å²) < 4.78 is 10.1. The van der Waals surface area contributed by atoms with E-state index in [4.69, 9.17) is 9.47 Å². The fourth-order valence-electron chi connectivity index (χ4n) is 2.33. The molecule has 0 amide bonds. The number of hydrogen-bond acceptors (Lipinski definition) is 4. The van der Waals surface area contributed by atoms with Crippen molar-refractivity contribution in [2.45, 2.75) is 18.9 Å². The molecule has 3 aliphatic heterocycles. The zero-order valence-electron chi connectivity index (χ0n) is 8.85. The minimum absolute atomic E-state index is 0.0322. The minimum Gasteiger partial charge on any atom is -0.430 e. The van der Waals surface area contributed by atoms with E-state index in [-0.39, 0.29) is 12.7 Å². The maximum absolute atomic E-state index is 11.2. The first-order chi connectivity index (χ1) is 7.29. The van der Waals surface area contributed by atoms with Crippen molar-refractivity contribution in [3.8, 4) is 0 Å². The van der Waals surface area contributed by atoms with Crippen molar-refractivity contribution < 1.29 is 14.3 Å². The van der Waals surface area contributed by atoms with Gasteiger partial charge in [-0.25, -0.2) is 4.79 Å². The van der Waals surface area contributed by atoms with E-state index in [0.717, 1.165) is 32.5 Å². The van der Waals surface area contributed by atoms with Crippen LogP contribution in [-0.2, 0) is 9.47 Å². The van der Waals surface area contributed by atoms with Gasteiger partial charge in [0.15, 0.2) is 0 Å². The Balaban J connectivity index is 1.79. The third-order valence-corrected chi connectivity index (χ3v) is 3.16. The number of carbonyl (C=O) groups is 1. The molecule has 3 rings (SSSR count). The molecule has 3 heterocycles. The van der Waals surface area contributed by atoms with Crippen LogP contribution in [0.25, 0.3) is 0 Å². The summed E-state index contributed by atoms with van der Waals surface area (Å²) >= 11 is 0. The molecule has 2 bridgehead atoms. The van der Waals surface area contributed by atoms with E-state index < -0.39 is 6.16 Å². The standard InChI is InChI=1S/C11H17NO3/c1-2-7-14-11(13)15-10-8-12-5-3-9(10)4-6-12/h2,9-10H,1,3-8H2/t10-/m0/s1. The van der Waals surface area contributed by atoms with Crippen molar-refractivity contribution in [2.24, 2.45) is 5.92 Å². The van der Waals surface area contributed by atoms with Gasteiger partial charge in [-0.1, -0.05) is 12.7 Å². The Hall–Kier alpha value is -1.03. The van der Waals surface area contributed by atoms with Crippen molar-refractivity contribution in [3.05, 3.63) is 12.7 Å². The van der Waals surface area contributed by atoms with Gasteiger partial charge in [-0.05, 0) is 31.8 Å². The van der Waals surface area contributed by atoms with E-state index in [9.17, 15) is 4.79 Å². The van der Waals surface area contributed by atoms with Crippen molar-refractivity contribution in [3.63, 3.8) is 0 Å². The highest BCUT2D eigenvalue weighted by Crippen LogP contribution is 2.29. The largest absolute Gasteiger partial charge is 0.508 e. The number of ether oxygens (including phenoxy) is 2. The molecular formula is C11H17NO3. The van der Waals surface area contributed by atoms with Crippen LogP contribution in [0.4, 0.5) is 4.79 Å². The summed E-state index contributed by atoms with van der Waals surface area (Å²) in [6, 6.07) is 0. The molecule has 0 aromatic rings. The maximum atomic E-state index is 11.2. The SMILES string of the molecule is C=CCOC(=O)O[C@H]1CN2CCC1CC2. The summed E-state index contributed by atoms with van der Waals surface area (Å²) in [5.74, 6) is 0.534. The first-order valence-corrected chi connectivity index (χ1v) is 5.46. The second-order valence-electron chi connectivity index (χ2n) is 4.14. The molecule has 3 fully saturated rings. The monoisotopic (exact) mass is 211 g/mol. The van der Waals surface area contributed by atoms with Crippen LogP contribution in [0.1, 0.15) is 12.8 Å². The second kappa shape index (κ2) is 4.66. The van der Waals surface area contributed by atoms with Crippen LogP contribution in [0, 0.1) is 5.92 Å². The van der Waals surface area contributed by atoms with E-state index in [2.05, 4.69) is 11.5 Å². The molecule has 3 aliphatic rings. The van der Waals surface area contributed by atoms with Crippen molar-refractivity contribution >= 4 is 6.16 Å². The first-order valence-electron chi connectivity index (χ1n) is 5.46. The molecular weight excluding hydrogens is 194 g/mol. The predicted octanol–water partition coefficient (Wildman–Crippen LogP) is 1.42. The van der Waals surface area contributed by atoms with Crippen LogP contribution in [0.2, 0.25) is 0 Å². The third kappa shape index (κ3) is 2.50. The number of piperidine rings is 3. The minimum atomic E-state index is -0.561. The van der Waals surface area contributed by atoms with Crippen molar-refractivity contribution in [1.29, 1.82) is 0 Å². The van der Waals surface area contributed by atoms with Crippen LogP contribution in [0.3, 0.4) is 0 Å². The molecule has 0 aromatic heterocycles. The van der Waals surface area contributed by atoms with E-state index >= 15 is 0 Å². The van der Waals surface area contributed by atoms with E-state index in [0.29, 0.717) is 5.92 Å². The molecule has 3 saturated heterocycles. The molecule has 1 atom stereocenters. The average Bonchev–Trinajstić information content (AvgIpc) is 2.28. The van der Waals surface area contributed by atoms with Gasteiger partial charge in [0.05, 0.1) is 0 Å². The number of nitrogens with zero attached hydrogens (tertiary/aromatic N) is 1. The fraction of sp³-hybridized carbons (Fsp3) is 0.727. The van der Waals surface area contributed by atoms with Gasteiger partial charge in [0.1, 0.15) is 12.7 Å². The highest BCUT2D eigenvalue weighted by atomic mass is 16.7. The normalized spacial score (nSPS) is 33.5. The van der Waals surface area contributed by atoms with Gasteiger partial charge in [-0.2, -0.15) is 0 Å². The lowest BCUT2D eigenvalue weighted by Gasteiger charge is -2.43. The number of hydrogen-bond donors (Lipinski definition) is 0. The summed E-state index contributed by atoms with van der Waals surface area (Å²) in [6.45, 7) is 6.86. The molecule has 0 unspecified atom stereocenters. The highest BCUT2D eigenvalue weighted by Gasteiger charge is 2.36. The molecule has 0 saturated carbocycles. The molecule has 0 N–H and O–H groups in total. The Bertz CT molecular complexity index is 246. The third-order valence-electron chi connectivity index (χ3n) is 3.16.